The molecule has 1 nitrogen and oxygen atoms in total. The van der Waals surface area contributed by atoms with Gasteiger partial charge in [0.05, 0.1) is 0 Å². The molecule has 0 aliphatic rings. The molecular formula is C8H11N. The fourth-order valence-electron chi connectivity index (χ4n) is 0.806. The Morgan fingerprint density at radius 1 is 1.56 bits per heavy atom. The molecule has 48 valence electrons. The maximum atomic E-state index is 3.12. The Labute approximate surface area is 55.4 Å². The molecule has 0 unspecified atom stereocenters. The number of aromatic amines is 1. The number of allylic oxidation sites excluding steroid dienone is 1. The van der Waals surface area contributed by atoms with Gasteiger partial charge in [-0.3, -0.25) is 0 Å². The minimum Gasteiger partial charge on any atom is -0.361 e. The first-order valence-electron chi connectivity index (χ1n) is 3.11. The van der Waals surface area contributed by atoms with Crippen LogP contribution in [0.2, 0.25) is 0 Å². The molecule has 0 fully saturated rings. The van der Waals surface area contributed by atoms with Crippen molar-refractivity contribution < 1.29 is 0 Å². The van der Waals surface area contributed by atoms with Gasteiger partial charge in [0.15, 0.2) is 0 Å². The van der Waals surface area contributed by atoms with Gasteiger partial charge in [0.2, 0.25) is 0 Å². The lowest BCUT2D eigenvalue weighted by Crippen LogP contribution is -1.71. The highest BCUT2D eigenvalue weighted by Gasteiger charge is 1.89. The van der Waals surface area contributed by atoms with Crippen LogP contribution < -0.4 is 0 Å². The van der Waals surface area contributed by atoms with Crippen LogP contribution in [0, 0.1) is 6.92 Å². The van der Waals surface area contributed by atoms with Gasteiger partial charge in [-0.15, -0.1) is 0 Å². The summed E-state index contributed by atoms with van der Waals surface area (Å²) < 4.78 is 0. The maximum absolute atomic E-state index is 3.12. The van der Waals surface area contributed by atoms with Crippen molar-refractivity contribution in [2.24, 2.45) is 0 Å². The predicted octanol–water partition coefficient (Wildman–Crippen LogP) is 2.36. The molecule has 1 aromatic rings. The summed E-state index contributed by atoms with van der Waals surface area (Å²) in [6.07, 6.45) is 6.04. The SMILES string of the molecule is C/C=C\c1[nH]ccc1C. The second kappa shape index (κ2) is 2.53. The van der Waals surface area contributed by atoms with Crippen LogP contribution in [0.5, 0.6) is 0 Å². The molecule has 9 heavy (non-hydrogen) atoms. The zero-order valence-electron chi connectivity index (χ0n) is 5.81. The zero-order chi connectivity index (χ0) is 6.69. The average Bonchev–Trinajstić information content (AvgIpc) is 2.18. The fraction of sp³-hybridized carbons (Fsp3) is 0.250. The van der Waals surface area contributed by atoms with Crippen molar-refractivity contribution in [3.05, 3.63) is 29.6 Å². The molecule has 0 saturated carbocycles. The molecule has 0 aliphatic heterocycles. The fourth-order valence-corrected chi connectivity index (χ4v) is 0.806. The molecule has 0 aliphatic carbocycles. The molecule has 0 spiro atoms. The summed E-state index contributed by atoms with van der Waals surface area (Å²) in [5, 5.41) is 0. The van der Waals surface area contributed by atoms with E-state index in [-0.39, 0.29) is 0 Å². The Balaban J connectivity index is 2.94. The van der Waals surface area contributed by atoms with Crippen LogP contribution in [0.25, 0.3) is 6.08 Å². The molecule has 0 radical (unpaired) electrons. The van der Waals surface area contributed by atoms with Crippen LogP contribution in [0.15, 0.2) is 18.3 Å². The van der Waals surface area contributed by atoms with E-state index < -0.39 is 0 Å². The van der Waals surface area contributed by atoms with Crippen LogP contribution in [0.1, 0.15) is 18.2 Å². The third kappa shape index (κ3) is 1.22. The van der Waals surface area contributed by atoms with E-state index in [0.717, 1.165) is 0 Å². The maximum Gasteiger partial charge on any atom is 0.0406 e. The van der Waals surface area contributed by atoms with Crippen molar-refractivity contribution in [1.29, 1.82) is 0 Å². The topological polar surface area (TPSA) is 15.8 Å². The molecule has 0 saturated heterocycles. The van der Waals surface area contributed by atoms with Gasteiger partial charge in [0.25, 0.3) is 0 Å². The minimum absolute atomic E-state index is 1.21. The van der Waals surface area contributed by atoms with Gasteiger partial charge in [0.1, 0.15) is 0 Å². The quantitative estimate of drug-likeness (QED) is 0.587. The lowest BCUT2D eigenvalue weighted by molar-refractivity contribution is 1.34. The summed E-state index contributed by atoms with van der Waals surface area (Å²) in [6, 6.07) is 2.06. The summed E-state index contributed by atoms with van der Waals surface area (Å²) in [5.41, 5.74) is 2.51. The van der Waals surface area contributed by atoms with E-state index in [1.54, 1.807) is 0 Å². The van der Waals surface area contributed by atoms with Crippen molar-refractivity contribution in [2.45, 2.75) is 13.8 Å². The summed E-state index contributed by atoms with van der Waals surface area (Å²) in [7, 11) is 0. The Hall–Kier alpha value is -0.980. The Bertz CT molecular complexity index is 208. The second-order valence-corrected chi connectivity index (χ2v) is 2.07. The molecule has 0 amide bonds. The molecule has 0 aromatic carbocycles. The number of rotatable bonds is 1. The number of aryl methyl sites for hydroxylation is 1. The first-order valence-corrected chi connectivity index (χ1v) is 3.11. The van der Waals surface area contributed by atoms with E-state index in [0.29, 0.717) is 0 Å². The zero-order valence-corrected chi connectivity index (χ0v) is 5.81. The van der Waals surface area contributed by atoms with Crippen molar-refractivity contribution in [3.63, 3.8) is 0 Å². The molecule has 1 rings (SSSR count). The summed E-state index contributed by atoms with van der Waals surface area (Å²) in [6.45, 7) is 4.10. The summed E-state index contributed by atoms with van der Waals surface area (Å²) in [5.74, 6) is 0. The lowest BCUT2D eigenvalue weighted by Gasteiger charge is -1.86. The number of hydrogen-bond acceptors (Lipinski definition) is 0. The summed E-state index contributed by atoms with van der Waals surface area (Å²) >= 11 is 0. The predicted molar refractivity (Wildman–Crippen MR) is 40.2 cm³/mol. The highest BCUT2D eigenvalue weighted by Crippen LogP contribution is 2.05. The molecule has 0 atom stereocenters. The van der Waals surface area contributed by atoms with Crippen LogP contribution in [-0.2, 0) is 0 Å². The Kier molecular flexibility index (Phi) is 1.73. The third-order valence-corrected chi connectivity index (χ3v) is 1.33. The second-order valence-electron chi connectivity index (χ2n) is 2.07. The van der Waals surface area contributed by atoms with Gasteiger partial charge in [-0.05, 0) is 31.6 Å². The first kappa shape index (κ1) is 6.14. The van der Waals surface area contributed by atoms with Crippen LogP contribution in [0.3, 0.4) is 0 Å². The van der Waals surface area contributed by atoms with Gasteiger partial charge in [-0.2, -0.15) is 0 Å². The molecule has 0 bridgehead atoms. The number of H-pyrrole nitrogens is 1. The molecule has 1 heterocycles. The number of hydrogen-bond donors (Lipinski definition) is 1. The molecule has 1 N–H and O–H groups in total. The third-order valence-electron chi connectivity index (χ3n) is 1.33. The van der Waals surface area contributed by atoms with Gasteiger partial charge < -0.3 is 4.98 Å². The Morgan fingerprint density at radius 3 is 2.78 bits per heavy atom. The monoisotopic (exact) mass is 121 g/mol. The van der Waals surface area contributed by atoms with Gasteiger partial charge >= 0.3 is 0 Å². The number of aromatic nitrogens is 1. The molecule has 1 aromatic heterocycles. The average molecular weight is 121 g/mol. The summed E-state index contributed by atoms with van der Waals surface area (Å²) in [4.78, 5) is 3.12. The van der Waals surface area contributed by atoms with Gasteiger partial charge in [-0.25, -0.2) is 0 Å². The van der Waals surface area contributed by atoms with Crippen molar-refractivity contribution in [3.8, 4) is 0 Å². The van der Waals surface area contributed by atoms with E-state index in [9.17, 15) is 0 Å². The lowest BCUT2D eigenvalue weighted by atomic mass is 10.2. The van der Waals surface area contributed by atoms with E-state index in [4.69, 9.17) is 0 Å². The molecular weight excluding hydrogens is 110 g/mol. The van der Waals surface area contributed by atoms with Crippen molar-refractivity contribution in [1.82, 2.24) is 4.98 Å². The van der Waals surface area contributed by atoms with E-state index in [1.807, 2.05) is 19.2 Å². The standard InChI is InChI=1S/C8H11N/c1-3-4-8-7(2)5-6-9-8/h3-6,9H,1-2H3/b4-3-. The van der Waals surface area contributed by atoms with Crippen LogP contribution >= 0.6 is 0 Å². The van der Waals surface area contributed by atoms with E-state index in [2.05, 4.69) is 24.1 Å². The highest BCUT2D eigenvalue weighted by molar-refractivity contribution is 5.48. The normalized spacial score (nSPS) is 10.9. The minimum atomic E-state index is 1.21. The van der Waals surface area contributed by atoms with Crippen LogP contribution in [0.4, 0.5) is 0 Å². The largest absolute Gasteiger partial charge is 0.361 e. The van der Waals surface area contributed by atoms with E-state index >= 15 is 0 Å². The Morgan fingerprint density at radius 2 is 2.33 bits per heavy atom. The van der Waals surface area contributed by atoms with E-state index in [1.165, 1.54) is 11.3 Å². The first-order chi connectivity index (χ1) is 4.34. The van der Waals surface area contributed by atoms with Crippen molar-refractivity contribution in [2.75, 3.05) is 0 Å². The smallest absolute Gasteiger partial charge is 0.0406 e. The number of nitrogens with one attached hydrogen (secondary N) is 1. The highest BCUT2D eigenvalue weighted by atomic mass is 14.7. The van der Waals surface area contributed by atoms with Crippen LogP contribution in [-0.4, -0.2) is 4.98 Å². The van der Waals surface area contributed by atoms with Crippen molar-refractivity contribution >= 4 is 6.08 Å². The molecule has 1 heteroatoms. The van der Waals surface area contributed by atoms with Gasteiger partial charge in [0, 0.05) is 11.9 Å². The van der Waals surface area contributed by atoms with Gasteiger partial charge in [-0.1, -0.05) is 6.08 Å².